The third kappa shape index (κ3) is 5.94. The van der Waals surface area contributed by atoms with Crippen molar-refractivity contribution in [3.05, 3.63) is 0 Å². The molecule has 0 radical (unpaired) electrons. The van der Waals surface area contributed by atoms with Crippen LogP contribution in [0.3, 0.4) is 0 Å². The molecule has 0 aromatic carbocycles. The van der Waals surface area contributed by atoms with Gasteiger partial charge in [0.2, 0.25) is 0 Å². The second-order valence-corrected chi connectivity index (χ2v) is 20.6. The second kappa shape index (κ2) is 13.7. The van der Waals surface area contributed by atoms with Gasteiger partial charge in [-0.25, -0.2) is 0 Å². The highest BCUT2D eigenvalue weighted by molar-refractivity contribution is 5.19. The van der Waals surface area contributed by atoms with E-state index in [1.54, 1.807) is 0 Å². The van der Waals surface area contributed by atoms with E-state index in [1.165, 1.54) is 64.2 Å². The van der Waals surface area contributed by atoms with Gasteiger partial charge in [-0.1, -0.05) is 54.9 Å². The lowest BCUT2D eigenvalue weighted by atomic mass is 9.32. The van der Waals surface area contributed by atoms with Gasteiger partial charge in [-0.05, 0) is 133 Å². The van der Waals surface area contributed by atoms with Gasteiger partial charge in [-0.2, -0.15) is 0 Å². The van der Waals surface area contributed by atoms with E-state index in [2.05, 4.69) is 48.5 Å². The molecule has 10 unspecified atom stereocenters. The summed E-state index contributed by atoms with van der Waals surface area (Å²) in [6.45, 7) is 16.3. The number of rotatable bonds is 10. The van der Waals surface area contributed by atoms with Crippen molar-refractivity contribution in [1.82, 2.24) is 0 Å². The summed E-state index contributed by atoms with van der Waals surface area (Å²) in [6.07, 6.45) is 3.36. The molecule has 0 heterocycles. The van der Waals surface area contributed by atoms with Gasteiger partial charge in [-0.3, -0.25) is 0 Å². The fourth-order valence-electron chi connectivity index (χ4n) is 15.1. The number of hydrogen-bond acceptors (Lipinski definition) is 10. The zero-order valence-electron chi connectivity index (χ0n) is 32.5. The first-order chi connectivity index (χ1) is 23.6. The SMILES string of the molecule is CC(CC(O)C(O)C(O)C(O)COC1C(N)C(O)C(O)C1(O)CO)[C@H]1CC[C@]2(C)[C@H]3CC[C@@H]4[C@@]5(C)CCCC(C)(C)[C@@H]5CC[C@@]4(C)[C@]3(C)CC[C@@H]12. The summed E-state index contributed by atoms with van der Waals surface area (Å²) in [4.78, 5) is 0. The Bertz CT molecular complexity index is 1250. The number of aliphatic hydroxyl groups is 8. The van der Waals surface area contributed by atoms with E-state index in [1.807, 2.05) is 0 Å². The van der Waals surface area contributed by atoms with Crippen LogP contribution in [0.1, 0.15) is 126 Å². The minimum atomic E-state index is -2.26. The monoisotopic (exact) mass is 724 g/mol. The quantitative estimate of drug-likeness (QED) is 0.162. The van der Waals surface area contributed by atoms with Crippen molar-refractivity contribution in [3.63, 3.8) is 0 Å². The van der Waals surface area contributed by atoms with E-state index in [0.717, 1.165) is 18.3 Å². The molecule has 0 saturated heterocycles. The molecule has 0 bridgehead atoms. The fourth-order valence-corrected chi connectivity index (χ4v) is 15.1. The predicted octanol–water partition coefficient (Wildman–Crippen LogP) is 3.12. The lowest BCUT2D eigenvalue weighted by Gasteiger charge is -2.73. The Balaban J connectivity index is 1.08. The molecular weight excluding hydrogens is 650 g/mol. The zero-order valence-corrected chi connectivity index (χ0v) is 32.5. The molecule has 10 nitrogen and oxygen atoms in total. The van der Waals surface area contributed by atoms with Gasteiger partial charge >= 0.3 is 0 Å². The van der Waals surface area contributed by atoms with E-state index >= 15 is 0 Å². The summed E-state index contributed by atoms with van der Waals surface area (Å²) in [5.74, 6) is 3.32. The molecule has 51 heavy (non-hydrogen) atoms. The van der Waals surface area contributed by atoms with Crippen LogP contribution in [0.5, 0.6) is 0 Å². The molecule has 10 N–H and O–H groups in total. The molecule has 6 fully saturated rings. The lowest BCUT2D eigenvalue weighted by molar-refractivity contribution is -0.241. The molecule has 6 saturated carbocycles. The van der Waals surface area contributed by atoms with Crippen LogP contribution >= 0.6 is 0 Å². The first-order valence-corrected chi connectivity index (χ1v) is 20.4. The maximum Gasteiger partial charge on any atom is 0.144 e. The molecule has 0 spiro atoms. The van der Waals surface area contributed by atoms with Gasteiger partial charge in [0.15, 0.2) is 0 Å². The number of fused-ring (bicyclic) bond motifs is 7. The molecule has 296 valence electrons. The summed E-state index contributed by atoms with van der Waals surface area (Å²) >= 11 is 0. The van der Waals surface area contributed by atoms with Crippen molar-refractivity contribution >= 4 is 0 Å². The molecule has 6 aliphatic carbocycles. The molecule has 6 rings (SSSR count). The summed E-state index contributed by atoms with van der Waals surface area (Å²) in [5, 5.41) is 84.1. The number of hydrogen-bond donors (Lipinski definition) is 9. The summed E-state index contributed by atoms with van der Waals surface area (Å²) in [7, 11) is 0. The van der Waals surface area contributed by atoms with Gasteiger partial charge in [0.05, 0.1) is 25.4 Å². The van der Waals surface area contributed by atoms with E-state index in [4.69, 9.17) is 10.5 Å². The average molecular weight is 724 g/mol. The second-order valence-electron chi connectivity index (χ2n) is 20.6. The van der Waals surface area contributed by atoms with Gasteiger partial charge in [0, 0.05) is 0 Å². The molecule has 19 atom stereocenters. The van der Waals surface area contributed by atoms with Crippen molar-refractivity contribution in [2.45, 2.75) is 180 Å². The van der Waals surface area contributed by atoms with Gasteiger partial charge < -0.3 is 51.3 Å². The molecule has 0 aliphatic heterocycles. The van der Waals surface area contributed by atoms with Crippen molar-refractivity contribution in [2.75, 3.05) is 13.2 Å². The maximum atomic E-state index is 11.2. The summed E-state index contributed by atoms with van der Waals surface area (Å²) < 4.78 is 5.48. The Morgan fingerprint density at radius 1 is 0.725 bits per heavy atom. The van der Waals surface area contributed by atoms with Crippen LogP contribution in [0, 0.1) is 62.6 Å². The number of nitrogens with two attached hydrogens (primary N) is 1. The van der Waals surface area contributed by atoms with E-state index in [-0.39, 0.29) is 17.8 Å². The number of ether oxygens (including phenoxy) is 1. The Labute approximate surface area is 306 Å². The minimum Gasteiger partial charge on any atom is -0.393 e. The van der Waals surface area contributed by atoms with Gasteiger partial charge in [-0.15, -0.1) is 0 Å². The molecule has 0 amide bonds. The van der Waals surface area contributed by atoms with Gasteiger partial charge in [0.1, 0.15) is 42.2 Å². The van der Waals surface area contributed by atoms with Crippen LogP contribution in [0.2, 0.25) is 0 Å². The largest absolute Gasteiger partial charge is 0.393 e. The Kier molecular flexibility index (Phi) is 10.8. The predicted molar refractivity (Wildman–Crippen MR) is 194 cm³/mol. The van der Waals surface area contributed by atoms with Crippen LogP contribution in [0.15, 0.2) is 0 Å². The minimum absolute atomic E-state index is 0.108. The maximum absolute atomic E-state index is 11.2. The van der Waals surface area contributed by atoms with E-state index < -0.39 is 67.6 Å². The summed E-state index contributed by atoms with van der Waals surface area (Å²) in [6, 6.07) is -1.26. The highest BCUT2D eigenvalue weighted by atomic mass is 16.5. The summed E-state index contributed by atoms with van der Waals surface area (Å²) in [5.41, 5.74) is 5.35. The third-order valence-electron chi connectivity index (χ3n) is 18.0. The van der Waals surface area contributed by atoms with Crippen LogP contribution in [0.4, 0.5) is 0 Å². The van der Waals surface area contributed by atoms with E-state index in [0.29, 0.717) is 39.4 Å². The Hall–Kier alpha value is -0.400. The molecule has 0 aromatic rings. The first kappa shape index (κ1) is 40.3. The van der Waals surface area contributed by atoms with Crippen LogP contribution in [0.25, 0.3) is 0 Å². The Morgan fingerprint density at radius 2 is 1.31 bits per heavy atom. The highest BCUT2D eigenvalue weighted by Gasteiger charge is 2.70. The third-order valence-corrected chi connectivity index (χ3v) is 18.0. The van der Waals surface area contributed by atoms with Crippen molar-refractivity contribution in [3.8, 4) is 0 Å². The smallest absolute Gasteiger partial charge is 0.144 e. The molecule has 6 aliphatic rings. The molecule has 0 aromatic heterocycles. The van der Waals surface area contributed by atoms with Crippen LogP contribution in [-0.2, 0) is 4.74 Å². The standard InChI is InChI=1S/C41H73NO9/c1-22(19-25(44)31(46)32(47)26(45)20-51-35-30(42)33(48)34(49)41(35,50)21-43)23-11-16-37(4)24(23)12-17-39(6)28(37)9-10-29-38(5)15-8-14-36(2,3)27(38)13-18-40(29,39)7/h22-35,43-50H,8-21,42H2,1-7H3/t22?,23-,24+,25?,26?,27+,28-,29-,30?,31?,32?,33?,34?,35?,37+,38+,39-,40-,41?/m1/s1. The van der Waals surface area contributed by atoms with Crippen LogP contribution in [-0.4, -0.2) is 108 Å². The lowest BCUT2D eigenvalue weighted by Crippen LogP contribution is -2.65. The van der Waals surface area contributed by atoms with Gasteiger partial charge in [0.25, 0.3) is 0 Å². The normalized spacial score (nSPS) is 52.1. The average Bonchev–Trinajstić information content (AvgIpc) is 3.50. The zero-order chi connectivity index (χ0) is 37.7. The highest BCUT2D eigenvalue weighted by Crippen LogP contribution is 2.78. The molecular formula is C41H73NO9. The van der Waals surface area contributed by atoms with Crippen molar-refractivity contribution < 1.29 is 45.6 Å². The first-order valence-electron chi connectivity index (χ1n) is 20.4. The van der Waals surface area contributed by atoms with E-state index in [9.17, 15) is 40.9 Å². The number of aliphatic hydroxyl groups excluding tert-OH is 7. The fraction of sp³-hybridized carbons (Fsp3) is 1.00. The van der Waals surface area contributed by atoms with Crippen molar-refractivity contribution in [1.29, 1.82) is 0 Å². The molecule has 10 heteroatoms. The van der Waals surface area contributed by atoms with Crippen LogP contribution < -0.4 is 5.73 Å². The Morgan fingerprint density at radius 3 is 1.94 bits per heavy atom. The topological polar surface area (TPSA) is 197 Å². The van der Waals surface area contributed by atoms with Crippen molar-refractivity contribution in [2.24, 2.45) is 68.3 Å².